The van der Waals surface area contributed by atoms with Gasteiger partial charge in [0.1, 0.15) is 16.6 Å². The van der Waals surface area contributed by atoms with Crippen LogP contribution in [0.3, 0.4) is 0 Å². The van der Waals surface area contributed by atoms with Crippen LogP contribution in [0.1, 0.15) is 37.0 Å². The van der Waals surface area contributed by atoms with Gasteiger partial charge >= 0.3 is 5.97 Å². The largest absolute Gasteiger partial charge is 0.421 e. The summed E-state index contributed by atoms with van der Waals surface area (Å²) in [5, 5.41) is 12.1. The predicted molar refractivity (Wildman–Crippen MR) is 96.0 cm³/mol. The van der Waals surface area contributed by atoms with E-state index in [-0.39, 0.29) is 16.7 Å². The molecule has 0 atom stereocenters. The third-order valence-corrected chi connectivity index (χ3v) is 4.09. The maximum atomic E-state index is 11.7. The molecule has 0 bridgehead atoms. The van der Waals surface area contributed by atoms with Gasteiger partial charge in [0.05, 0.1) is 5.69 Å². The first-order valence-corrected chi connectivity index (χ1v) is 8.25. The molecule has 1 aromatic heterocycles. The number of rotatable bonds is 4. The number of carbonyl (C=O) groups is 1. The molecule has 24 heavy (non-hydrogen) atoms. The average molecular weight is 338 g/mol. The molecule has 0 radical (unpaired) electrons. The summed E-state index contributed by atoms with van der Waals surface area (Å²) in [5.41, 5.74) is 1.63. The van der Waals surface area contributed by atoms with E-state index in [1.165, 1.54) is 11.3 Å². The van der Waals surface area contributed by atoms with Gasteiger partial charge in [0.25, 0.3) is 0 Å². The number of hydrogen-bond donors (Lipinski definition) is 0. The topological polar surface area (TPSA) is 63.0 Å². The normalized spacial score (nSPS) is 12.1. The summed E-state index contributed by atoms with van der Waals surface area (Å²) in [6.07, 6.45) is 1.07. The molecule has 2 aromatic rings. The Morgan fingerprint density at radius 2 is 2.00 bits per heavy atom. The van der Waals surface area contributed by atoms with E-state index in [2.05, 4.69) is 38.4 Å². The third-order valence-electron chi connectivity index (χ3n) is 3.23. The minimum absolute atomic E-state index is 0.125. The van der Waals surface area contributed by atoms with Gasteiger partial charge in [-0.1, -0.05) is 57.7 Å². The van der Waals surface area contributed by atoms with Crippen LogP contribution < -0.4 is 0 Å². The third kappa shape index (κ3) is 3.98. The Balaban J connectivity index is 2.61. The van der Waals surface area contributed by atoms with E-state index in [1.807, 2.05) is 23.6 Å². The molecular formula is C19H18N2O2S. The summed E-state index contributed by atoms with van der Waals surface area (Å²) in [6, 6.07) is 11.2. The van der Waals surface area contributed by atoms with Crippen LogP contribution in [0.5, 0.6) is 0 Å². The molecule has 1 aromatic carbocycles. The molecule has 0 aliphatic carbocycles. The number of nitrogens with zero attached hydrogens (tertiary/aromatic N) is 2. The molecule has 4 nitrogen and oxygen atoms in total. The van der Waals surface area contributed by atoms with Gasteiger partial charge < -0.3 is 4.74 Å². The van der Waals surface area contributed by atoms with Gasteiger partial charge in [-0.3, -0.25) is 0 Å². The van der Waals surface area contributed by atoms with Gasteiger partial charge in [-0.2, -0.15) is 5.26 Å². The van der Waals surface area contributed by atoms with Crippen LogP contribution in [0.2, 0.25) is 0 Å². The van der Waals surface area contributed by atoms with E-state index in [0.717, 1.165) is 11.8 Å². The number of thiazole rings is 1. The van der Waals surface area contributed by atoms with Crippen LogP contribution in [0.15, 0.2) is 48.4 Å². The molecule has 0 aliphatic heterocycles. The summed E-state index contributed by atoms with van der Waals surface area (Å²) in [4.78, 5) is 16.3. The molecule has 1 heterocycles. The van der Waals surface area contributed by atoms with E-state index in [1.54, 1.807) is 12.1 Å². The maximum Gasteiger partial charge on any atom is 0.335 e. The Morgan fingerprint density at radius 3 is 2.50 bits per heavy atom. The standard InChI is InChI=1S/C19H18N2O2S/c1-5-16(22)23-17(13-9-7-6-8-10-13)14(11-20)18-21-15(12-24-18)19(2,3)4/h5-10,12H,1H2,2-4H3. The number of allylic oxidation sites excluding steroid dienone is 1. The molecule has 0 aliphatic rings. The molecular weight excluding hydrogens is 320 g/mol. The molecule has 0 saturated carbocycles. The zero-order valence-corrected chi connectivity index (χ0v) is 14.7. The van der Waals surface area contributed by atoms with Gasteiger partial charge in [-0.15, -0.1) is 11.3 Å². The lowest BCUT2D eigenvalue weighted by atomic mass is 9.93. The van der Waals surface area contributed by atoms with Gasteiger partial charge in [0.2, 0.25) is 0 Å². The number of aromatic nitrogens is 1. The molecule has 0 N–H and O–H groups in total. The fraction of sp³-hybridized carbons (Fsp3) is 0.211. The van der Waals surface area contributed by atoms with Crippen molar-refractivity contribution in [3.8, 4) is 6.07 Å². The van der Waals surface area contributed by atoms with Crippen molar-refractivity contribution in [3.63, 3.8) is 0 Å². The van der Waals surface area contributed by atoms with Crippen molar-refractivity contribution < 1.29 is 9.53 Å². The lowest BCUT2D eigenvalue weighted by Crippen LogP contribution is -2.11. The molecule has 0 fully saturated rings. The van der Waals surface area contributed by atoms with Crippen molar-refractivity contribution in [2.75, 3.05) is 0 Å². The summed E-state index contributed by atoms with van der Waals surface area (Å²) in [5.74, 6) is -0.424. The van der Waals surface area contributed by atoms with E-state index in [9.17, 15) is 10.1 Å². The number of nitriles is 1. The Labute approximate surface area is 145 Å². The predicted octanol–water partition coefficient (Wildman–Crippen LogP) is 4.56. The highest BCUT2D eigenvalue weighted by atomic mass is 32.1. The lowest BCUT2D eigenvalue weighted by Gasteiger charge is -2.14. The van der Waals surface area contributed by atoms with E-state index in [0.29, 0.717) is 10.6 Å². The summed E-state index contributed by atoms with van der Waals surface area (Å²) < 4.78 is 5.35. The van der Waals surface area contributed by atoms with Gasteiger partial charge in [-0.05, 0) is 0 Å². The number of carbonyl (C=O) groups excluding carboxylic acids is 1. The SMILES string of the molecule is C=CC(=O)OC(=C(C#N)c1nc(C(C)(C)C)cs1)c1ccccc1. The van der Waals surface area contributed by atoms with Crippen LogP contribution in [0, 0.1) is 11.3 Å². The highest BCUT2D eigenvalue weighted by molar-refractivity contribution is 7.11. The van der Waals surface area contributed by atoms with Crippen LogP contribution >= 0.6 is 11.3 Å². The fourth-order valence-electron chi connectivity index (χ4n) is 1.91. The highest BCUT2D eigenvalue weighted by Crippen LogP contribution is 2.32. The number of ether oxygens (including phenoxy) is 1. The van der Waals surface area contributed by atoms with Gasteiger partial charge in [0, 0.05) is 22.4 Å². The van der Waals surface area contributed by atoms with Crippen LogP contribution in [-0.4, -0.2) is 11.0 Å². The Morgan fingerprint density at radius 1 is 1.33 bits per heavy atom. The number of benzene rings is 1. The zero-order valence-electron chi connectivity index (χ0n) is 13.9. The molecule has 0 saturated heterocycles. The fourth-order valence-corrected chi connectivity index (χ4v) is 2.95. The molecule has 122 valence electrons. The lowest BCUT2D eigenvalue weighted by molar-refractivity contribution is -0.131. The average Bonchev–Trinajstić information content (AvgIpc) is 3.05. The van der Waals surface area contributed by atoms with Crippen LogP contribution in [-0.2, 0) is 14.9 Å². The first kappa shape index (κ1) is 17.6. The number of esters is 1. The molecule has 0 spiro atoms. The van der Waals surface area contributed by atoms with Crippen LogP contribution in [0.4, 0.5) is 0 Å². The summed E-state index contributed by atoms with van der Waals surface area (Å²) in [7, 11) is 0. The van der Waals surface area contributed by atoms with Crippen molar-refractivity contribution >= 4 is 28.6 Å². The highest BCUT2D eigenvalue weighted by Gasteiger charge is 2.22. The Bertz CT molecular complexity index is 821. The zero-order chi connectivity index (χ0) is 17.7. The quantitative estimate of drug-likeness (QED) is 0.355. The van der Waals surface area contributed by atoms with E-state index >= 15 is 0 Å². The van der Waals surface area contributed by atoms with E-state index < -0.39 is 5.97 Å². The second kappa shape index (κ2) is 7.24. The summed E-state index contributed by atoms with van der Waals surface area (Å²) >= 11 is 1.36. The second-order valence-corrected chi connectivity index (χ2v) is 6.95. The second-order valence-electron chi connectivity index (χ2n) is 6.10. The first-order valence-electron chi connectivity index (χ1n) is 7.37. The number of hydrogen-bond acceptors (Lipinski definition) is 5. The monoisotopic (exact) mass is 338 g/mol. The minimum atomic E-state index is -0.616. The molecule has 0 amide bonds. The Hall–Kier alpha value is -2.71. The minimum Gasteiger partial charge on any atom is -0.421 e. The van der Waals surface area contributed by atoms with Crippen molar-refractivity contribution in [2.24, 2.45) is 0 Å². The van der Waals surface area contributed by atoms with E-state index in [4.69, 9.17) is 4.74 Å². The van der Waals surface area contributed by atoms with Crippen molar-refractivity contribution in [1.82, 2.24) is 4.98 Å². The van der Waals surface area contributed by atoms with Crippen molar-refractivity contribution in [1.29, 1.82) is 5.26 Å². The smallest absolute Gasteiger partial charge is 0.335 e. The Kier molecular flexibility index (Phi) is 5.32. The van der Waals surface area contributed by atoms with Crippen molar-refractivity contribution in [3.05, 3.63) is 64.6 Å². The first-order chi connectivity index (χ1) is 11.4. The maximum absolute atomic E-state index is 11.7. The summed E-state index contributed by atoms with van der Waals surface area (Å²) in [6.45, 7) is 9.57. The molecule has 5 heteroatoms. The molecule has 0 unspecified atom stereocenters. The van der Waals surface area contributed by atoms with Gasteiger partial charge in [-0.25, -0.2) is 9.78 Å². The van der Waals surface area contributed by atoms with Crippen LogP contribution in [0.25, 0.3) is 11.3 Å². The van der Waals surface area contributed by atoms with Crippen molar-refractivity contribution in [2.45, 2.75) is 26.2 Å². The van der Waals surface area contributed by atoms with Gasteiger partial charge in [0.15, 0.2) is 5.76 Å². The molecule has 2 rings (SSSR count).